The SMILES string of the molecule is Cc1cc(Br)c(NCCOc2ccc(C)c(C)c2)c(C(=O)O)c1. The van der Waals surface area contributed by atoms with E-state index < -0.39 is 5.97 Å². The highest BCUT2D eigenvalue weighted by Crippen LogP contribution is 2.28. The molecule has 2 aromatic rings. The van der Waals surface area contributed by atoms with E-state index in [0.29, 0.717) is 18.8 Å². The topological polar surface area (TPSA) is 58.6 Å². The highest BCUT2D eigenvalue weighted by molar-refractivity contribution is 9.10. The number of ether oxygens (including phenoxy) is 1. The number of halogens is 1. The molecule has 0 aliphatic carbocycles. The van der Waals surface area contributed by atoms with Gasteiger partial charge in [-0.1, -0.05) is 6.07 Å². The van der Waals surface area contributed by atoms with Crippen LogP contribution in [0.4, 0.5) is 5.69 Å². The summed E-state index contributed by atoms with van der Waals surface area (Å²) in [6.07, 6.45) is 0. The van der Waals surface area contributed by atoms with E-state index in [1.165, 1.54) is 11.1 Å². The van der Waals surface area contributed by atoms with Crippen LogP contribution in [0.1, 0.15) is 27.0 Å². The lowest BCUT2D eigenvalue weighted by Crippen LogP contribution is -2.14. The molecule has 23 heavy (non-hydrogen) atoms. The molecule has 0 spiro atoms. The van der Waals surface area contributed by atoms with Gasteiger partial charge in [-0.05, 0) is 77.7 Å². The van der Waals surface area contributed by atoms with Crippen molar-refractivity contribution in [1.82, 2.24) is 0 Å². The van der Waals surface area contributed by atoms with Crippen LogP contribution in [0.2, 0.25) is 0 Å². The molecule has 2 rings (SSSR count). The van der Waals surface area contributed by atoms with Gasteiger partial charge in [-0.15, -0.1) is 0 Å². The van der Waals surface area contributed by atoms with Crippen LogP contribution in [0.5, 0.6) is 5.75 Å². The summed E-state index contributed by atoms with van der Waals surface area (Å²) in [7, 11) is 0. The minimum Gasteiger partial charge on any atom is -0.492 e. The molecule has 0 heterocycles. The van der Waals surface area contributed by atoms with E-state index in [4.69, 9.17) is 4.74 Å². The standard InChI is InChI=1S/C18H20BrNO3/c1-11-8-15(18(21)22)17(16(19)9-11)20-6-7-23-14-5-4-12(2)13(3)10-14/h4-5,8-10,20H,6-7H2,1-3H3,(H,21,22). The molecule has 0 saturated carbocycles. The van der Waals surface area contributed by atoms with E-state index in [1.807, 2.05) is 38.1 Å². The van der Waals surface area contributed by atoms with E-state index in [9.17, 15) is 9.90 Å². The Balaban J connectivity index is 1.99. The van der Waals surface area contributed by atoms with Gasteiger partial charge < -0.3 is 15.2 Å². The van der Waals surface area contributed by atoms with Gasteiger partial charge >= 0.3 is 5.97 Å². The van der Waals surface area contributed by atoms with Gasteiger partial charge in [-0.2, -0.15) is 0 Å². The summed E-state index contributed by atoms with van der Waals surface area (Å²) in [6.45, 7) is 6.92. The first-order valence-electron chi connectivity index (χ1n) is 7.36. The van der Waals surface area contributed by atoms with Gasteiger partial charge in [0.15, 0.2) is 0 Å². The summed E-state index contributed by atoms with van der Waals surface area (Å²) >= 11 is 3.41. The van der Waals surface area contributed by atoms with E-state index in [2.05, 4.69) is 28.2 Å². The molecule has 122 valence electrons. The fourth-order valence-electron chi connectivity index (χ4n) is 2.24. The maximum atomic E-state index is 11.4. The van der Waals surface area contributed by atoms with E-state index >= 15 is 0 Å². The van der Waals surface area contributed by atoms with Crippen molar-refractivity contribution in [2.75, 3.05) is 18.5 Å². The largest absolute Gasteiger partial charge is 0.492 e. The summed E-state index contributed by atoms with van der Waals surface area (Å²) in [5.41, 5.74) is 4.14. The van der Waals surface area contributed by atoms with Crippen LogP contribution in [-0.4, -0.2) is 24.2 Å². The van der Waals surface area contributed by atoms with Crippen LogP contribution in [-0.2, 0) is 0 Å². The van der Waals surface area contributed by atoms with E-state index in [-0.39, 0.29) is 5.56 Å². The molecule has 0 atom stereocenters. The third-order valence-corrected chi connectivity index (χ3v) is 4.24. The van der Waals surface area contributed by atoms with Crippen molar-refractivity contribution in [3.63, 3.8) is 0 Å². The van der Waals surface area contributed by atoms with Crippen molar-refractivity contribution in [2.24, 2.45) is 0 Å². The normalized spacial score (nSPS) is 10.4. The molecule has 5 heteroatoms. The third kappa shape index (κ3) is 4.48. The number of carboxylic acids is 1. The van der Waals surface area contributed by atoms with Crippen molar-refractivity contribution in [2.45, 2.75) is 20.8 Å². The van der Waals surface area contributed by atoms with Crippen LogP contribution in [0, 0.1) is 20.8 Å². The summed E-state index contributed by atoms with van der Waals surface area (Å²) in [5.74, 6) is -0.136. The van der Waals surface area contributed by atoms with Crippen molar-refractivity contribution in [1.29, 1.82) is 0 Å². The molecular formula is C18H20BrNO3. The molecule has 0 aliphatic rings. The number of benzene rings is 2. The van der Waals surface area contributed by atoms with Gasteiger partial charge in [0.05, 0.1) is 11.3 Å². The first-order chi connectivity index (χ1) is 10.9. The van der Waals surface area contributed by atoms with Gasteiger partial charge in [0.1, 0.15) is 12.4 Å². The summed E-state index contributed by atoms with van der Waals surface area (Å²) in [4.78, 5) is 11.4. The van der Waals surface area contributed by atoms with Gasteiger partial charge in [0.25, 0.3) is 0 Å². The molecule has 0 aromatic heterocycles. The summed E-state index contributed by atoms with van der Waals surface area (Å²) in [5, 5.41) is 12.4. The quantitative estimate of drug-likeness (QED) is 0.724. The maximum Gasteiger partial charge on any atom is 0.337 e. The molecule has 0 fully saturated rings. The Morgan fingerprint density at radius 1 is 1.17 bits per heavy atom. The smallest absolute Gasteiger partial charge is 0.337 e. The highest BCUT2D eigenvalue weighted by atomic mass is 79.9. The molecule has 0 radical (unpaired) electrons. The Morgan fingerprint density at radius 3 is 2.57 bits per heavy atom. The van der Waals surface area contributed by atoms with Crippen LogP contribution >= 0.6 is 15.9 Å². The number of aromatic carboxylic acids is 1. The Kier molecular flexibility index (Phi) is 5.66. The van der Waals surface area contributed by atoms with Gasteiger partial charge in [-0.3, -0.25) is 0 Å². The number of hydrogen-bond donors (Lipinski definition) is 2. The second-order valence-corrected chi connectivity index (χ2v) is 6.35. The minimum absolute atomic E-state index is 0.253. The van der Waals surface area contributed by atoms with Crippen molar-refractivity contribution in [3.8, 4) is 5.75 Å². The molecular weight excluding hydrogens is 358 g/mol. The number of aryl methyl sites for hydroxylation is 3. The Bertz CT molecular complexity index is 728. The molecule has 0 saturated heterocycles. The van der Waals surface area contributed by atoms with E-state index in [1.54, 1.807) is 6.07 Å². The number of carboxylic acid groups (broad SMARTS) is 1. The van der Waals surface area contributed by atoms with Crippen LogP contribution in [0.15, 0.2) is 34.8 Å². The number of hydrogen-bond acceptors (Lipinski definition) is 3. The summed E-state index contributed by atoms with van der Waals surface area (Å²) in [6, 6.07) is 9.50. The zero-order valence-corrected chi connectivity index (χ0v) is 15.0. The number of carbonyl (C=O) groups is 1. The predicted molar refractivity (Wildman–Crippen MR) is 95.7 cm³/mol. The first-order valence-corrected chi connectivity index (χ1v) is 8.15. The monoisotopic (exact) mass is 377 g/mol. The highest BCUT2D eigenvalue weighted by Gasteiger charge is 2.13. The lowest BCUT2D eigenvalue weighted by molar-refractivity contribution is 0.0697. The van der Waals surface area contributed by atoms with E-state index in [0.717, 1.165) is 15.8 Å². The second-order valence-electron chi connectivity index (χ2n) is 5.50. The Labute approximate surface area is 144 Å². The molecule has 2 N–H and O–H groups in total. The first kappa shape index (κ1) is 17.3. The Hall–Kier alpha value is -2.01. The van der Waals surface area contributed by atoms with Crippen molar-refractivity contribution in [3.05, 3.63) is 57.1 Å². The summed E-state index contributed by atoms with van der Waals surface area (Å²) < 4.78 is 6.44. The van der Waals surface area contributed by atoms with Crippen molar-refractivity contribution < 1.29 is 14.6 Å². The fourth-order valence-corrected chi connectivity index (χ4v) is 2.95. The van der Waals surface area contributed by atoms with Gasteiger partial charge in [-0.25, -0.2) is 4.79 Å². The second kappa shape index (κ2) is 7.51. The van der Waals surface area contributed by atoms with Crippen LogP contribution < -0.4 is 10.1 Å². The fraction of sp³-hybridized carbons (Fsp3) is 0.278. The molecule has 4 nitrogen and oxygen atoms in total. The number of nitrogens with one attached hydrogen (secondary N) is 1. The molecule has 0 amide bonds. The minimum atomic E-state index is -0.952. The number of anilines is 1. The van der Waals surface area contributed by atoms with Gasteiger partial charge in [0, 0.05) is 11.0 Å². The lowest BCUT2D eigenvalue weighted by Gasteiger charge is -2.14. The van der Waals surface area contributed by atoms with Gasteiger partial charge in [0.2, 0.25) is 0 Å². The third-order valence-electron chi connectivity index (χ3n) is 3.62. The molecule has 0 bridgehead atoms. The molecule has 0 unspecified atom stereocenters. The predicted octanol–water partition coefficient (Wildman–Crippen LogP) is 4.56. The van der Waals surface area contributed by atoms with Crippen LogP contribution in [0.25, 0.3) is 0 Å². The average molecular weight is 378 g/mol. The zero-order chi connectivity index (χ0) is 17.0. The van der Waals surface area contributed by atoms with Crippen molar-refractivity contribution >= 4 is 27.6 Å². The average Bonchev–Trinajstić information content (AvgIpc) is 2.48. The maximum absolute atomic E-state index is 11.4. The molecule has 2 aromatic carbocycles. The van der Waals surface area contributed by atoms with Crippen LogP contribution in [0.3, 0.4) is 0 Å². The Morgan fingerprint density at radius 2 is 1.91 bits per heavy atom. The molecule has 0 aliphatic heterocycles. The zero-order valence-electron chi connectivity index (χ0n) is 13.4. The lowest BCUT2D eigenvalue weighted by atomic mass is 10.1. The number of rotatable bonds is 6.